The van der Waals surface area contributed by atoms with Crippen LogP contribution < -0.4 is 10.6 Å². The quantitative estimate of drug-likeness (QED) is 0.540. The van der Waals surface area contributed by atoms with Crippen LogP contribution in [0, 0.1) is 11.8 Å². The highest BCUT2D eigenvalue weighted by molar-refractivity contribution is 5.86. The van der Waals surface area contributed by atoms with E-state index in [2.05, 4.69) is 34.9 Å². The maximum atomic E-state index is 13.0. The number of carbonyl (C=O) groups excluding carboxylic acids is 2. The largest absolute Gasteiger partial charge is 0.481 e. The molecule has 0 aliphatic heterocycles. The van der Waals surface area contributed by atoms with Crippen LogP contribution in [0.15, 0.2) is 48.5 Å². The van der Waals surface area contributed by atoms with Crippen LogP contribution in [0.3, 0.4) is 0 Å². The molecule has 1 saturated carbocycles. The number of fused-ring (bicyclic) bond motifs is 3. The van der Waals surface area contributed by atoms with E-state index in [1.165, 1.54) is 0 Å². The number of rotatable bonds is 8. The molecule has 2 aliphatic carbocycles. The molecule has 0 saturated heterocycles. The van der Waals surface area contributed by atoms with Crippen molar-refractivity contribution in [2.24, 2.45) is 11.8 Å². The minimum Gasteiger partial charge on any atom is -0.481 e. The normalized spacial score (nSPS) is 19.9. The summed E-state index contributed by atoms with van der Waals surface area (Å²) in [5, 5.41) is 14.8. The summed E-state index contributed by atoms with van der Waals surface area (Å²) in [5.41, 5.74) is 4.55. The van der Waals surface area contributed by atoms with Crippen LogP contribution in [0.1, 0.15) is 56.6 Å². The summed E-state index contributed by atoms with van der Waals surface area (Å²) in [4.78, 5) is 36.8. The van der Waals surface area contributed by atoms with Crippen molar-refractivity contribution in [3.63, 3.8) is 0 Å². The van der Waals surface area contributed by atoms with E-state index in [9.17, 15) is 14.4 Å². The van der Waals surface area contributed by atoms with Gasteiger partial charge in [0.1, 0.15) is 12.6 Å². The fraction of sp³-hybridized carbons (Fsp3) is 0.444. The van der Waals surface area contributed by atoms with E-state index < -0.39 is 18.1 Å². The molecule has 7 nitrogen and oxygen atoms in total. The molecule has 0 spiro atoms. The van der Waals surface area contributed by atoms with Gasteiger partial charge in [-0.25, -0.2) is 4.79 Å². The Balaban J connectivity index is 1.37. The van der Waals surface area contributed by atoms with Crippen molar-refractivity contribution in [2.45, 2.75) is 57.5 Å². The first kappa shape index (κ1) is 23.8. The summed E-state index contributed by atoms with van der Waals surface area (Å²) in [6, 6.07) is 15.3. The molecule has 3 N–H and O–H groups in total. The zero-order chi connectivity index (χ0) is 24.2. The van der Waals surface area contributed by atoms with Gasteiger partial charge in [-0.3, -0.25) is 9.59 Å². The Labute approximate surface area is 199 Å². The second-order valence-corrected chi connectivity index (χ2v) is 9.60. The van der Waals surface area contributed by atoms with Crippen molar-refractivity contribution in [2.75, 3.05) is 6.61 Å². The van der Waals surface area contributed by atoms with Crippen molar-refractivity contribution >= 4 is 18.0 Å². The van der Waals surface area contributed by atoms with Gasteiger partial charge < -0.3 is 20.5 Å². The van der Waals surface area contributed by atoms with Gasteiger partial charge in [-0.1, -0.05) is 68.8 Å². The summed E-state index contributed by atoms with van der Waals surface area (Å²) in [7, 11) is 0. The van der Waals surface area contributed by atoms with Crippen molar-refractivity contribution in [3.05, 3.63) is 59.7 Å². The standard InChI is InChI=1S/C27H32N2O5/c1-16(2)25(26(32)28-23-13-7-8-17(23)14-24(30)31)29-27(33)34-15-22-20-11-5-3-9-18(20)19-10-4-6-12-21(19)22/h3-6,9-12,16-17,22-23,25H,7-8,13-15H2,1-2H3,(H,28,32)(H,29,33)(H,30,31)/t17-,23+,25+/m0/s1. The Morgan fingerprint density at radius 2 is 1.62 bits per heavy atom. The molecule has 1 fully saturated rings. The lowest BCUT2D eigenvalue weighted by Gasteiger charge is -2.26. The number of amides is 2. The third kappa shape index (κ3) is 5.08. The van der Waals surface area contributed by atoms with E-state index >= 15 is 0 Å². The molecule has 0 unspecified atom stereocenters. The second kappa shape index (κ2) is 10.3. The summed E-state index contributed by atoms with van der Waals surface area (Å²) >= 11 is 0. The van der Waals surface area contributed by atoms with Crippen LogP contribution in [0.25, 0.3) is 11.1 Å². The zero-order valence-electron chi connectivity index (χ0n) is 19.6. The number of carboxylic acids is 1. The molecule has 180 valence electrons. The molecule has 0 aromatic heterocycles. The lowest BCUT2D eigenvalue weighted by atomic mass is 9.98. The minimum atomic E-state index is -0.858. The van der Waals surface area contributed by atoms with E-state index in [4.69, 9.17) is 9.84 Å². The fourth-order valence-corrected chi connectivity index (χ4v) is 5.27. The molecule has 0 heterocycles. The highest BCUT2D eigenvalue weighted by atomic mass is 16.5. The SMILES string of the molecule is CC(C)[C@@H](NC(=O)OCC1c2ccccc2-c2ccccc21)C(=O)N[C@@H]1CCC[C@H]1CC(=O)O. The van der Waals surface area contributed by atoms with Gasteiger partial charge >= 0.3 is 12.1 Å². The molecule has 2 aliphatic rings. The Morgan fingerprint density at radius 1 is 1.00 bits per heavy atom. The van der Waals surface area contributed by atoms with Gasteiger partial charge in [-0.15, -0.1) is 0 Å². The zero-order valence-corrected chi connectivity index (χ0v) is 19.6. The van der Waals surface area contributed by atoms with Gasteiger partial charge in [-0.2, -0.15) is 0 Å². The Hall–Kier alpha value is -3.35. The van der Waals surface area contributed by atoms with E-state index in [-0.39, 0.29) is 42.7 Å². The predicted octanol–water partition coefficient (Wildman–Crippen LogP) is 4.31. The second-order valence-electron chi connectivity index (χ2n) is 9.60. The van der Waals surface area contributed by atoms with Crippen LogP contribution in [0.2, 0.25) is 0 Å². The fourth-order valence-electron chi connectivity index (χ4n) is 5.27. The third-order valence-electron chi connectivity index (χ3n) is 6.99. The van der Waals surface area contributed by atoms with Crippen LogP contribution in [0.5, 0.6) is 0 Å². The first-order chi connectivity index (χ1) is 16.3. The molecule has 0 bridgehead atoms. The molecule has 2 amide bonds. The number of hydrogen-bond donors (Lipinski definition) is 3. The smallest absolute Gasteiger partial charge is 0.407 e. The average molecular weight is 465 g/mol. The third-order valence-corrected chi connectivity index (χ3v) is 6.99. The van der Waals surface area contributed by atoms with E-state index in [0.717, 1.165) is 41.5 Å². The van der Waals surface area contributed by atoms with E-state index in [1.807, 2.05) is 38.1 Å². The molecule has 2 aromatic rings. The Kier molecular flexibility index (Phi) is 7.20. The molecule has 2 aromatic carbocycles. The number of alkyl carbamates (subject to hydrolysis) is 1. The maximum Gasteiger partial charge on any atom is 0.407 e. The van der Waals surface area contributed by atoms with E-state index in [0.29, 0.717) is 0 Å². The lowest BCUT2D eigenvalue weighted by molar-refractivity contribution is -0.138. The van der Waals surface area contributed by atoms with Gasteiger partial charge in [0, 0.05) is 12.0 Å². The molecular weight excluding hydrogens is 432 g/mol. The van der Waals surface area contributed by atoms with Gasteiger partial charge in [0.25, 0.3) is 0 Å². The highest BCUT2D eigenvalue weighted by Crippen LogP contribution is 2.44. The van der Waals surface area contributed by atoms with Crippen molar-refractivity contribution < 1.29 is 24.2 Å². The van der Waals surface area contributed by atoms with E-state index in [1.54, 1.807) is 0 Å². The van der Waals surface area contributed by atoms with Crippen LogP contribution >= 0.6 is 0 Å². The van der Waals surface area contributed by atoms with Crippen molar-refractivity contribution in [3.8, 4) is 11.1 Å². The summed E-state index contributed by atoms with van der Waals surface area (Å²) in [6.07, 6.45) is 1.82. The van der Waals surface area contributed by atoms with Crippen molar-refractivity contribution in [1.82, 2.24) is 10.6 Å². The van der Waals surface area contributed by atoms with Crippen LogP contribution in [0.4, 0.5) is 4.79 Å². The number of nitrogens with one attached hydrogen (secondary N) is 2. The number of carboxylic acid groups (broad SMARTS) is 1. The minimum absolute atomic E-state index is 0.0388. The first-order valence-electron chi connectivity index (χ1n) is 12.0. The molecule has 34 heavy (non-hydrogen) atoms. The molecule has 0 radical (unpaired) electrons. The highest BCUT2D eigenvalue weighted by Gasteiger charge is 2.34. The Bertz CT molecular complexity index is 1020. The Morgan fingerprint density at radius 3 is 2.21 bits per heavy atom. The molecule has 4 rings (SSSR count). The molecular formula is C27H32N2O5. The number of ether oxygens (including phenoxy) is 1. The van der Waals surface area contributed by atoms with Crippen molar-refractivity contribution in [1.29, 1.82) is 0 Å². The van der Waals surface area contributed by atoms with Gasteiger partial charge in [0.05, 0.1) is 6.42 Å². The number of carbonyl (C=O) groups is 3. The topological polar surface area (TPSA) is 105 Å². The van der Waals surface area contributed by atoms with Crippen LogP contribution in [-0.4, -0.2) is 41.8 Å². The summed E-state index contributed by atoms with van der Waals surface area (Å²) in [6.45, 7) is 3.89. The molecule has 3 atom stereocenters. The number of hydrogen-bond acceptors (Lipinski definition) is 4. The summed E-state index contributed by atoms with van der Waals surface area (Å²) < 4.78 is 5.61. The maximum absolute atomic E-state index is 13.0. The average Bonchev–Trinajstić information content (AvgIpc) is 3.37. The van der Waals surface area contributed by atoms with Gasteiger partial charge in [-0.05, 0) is 46.9 Å². The number of benzene rings is 2. The predicted molar refractivity (Wildman–Crippen MR) is 128 cm³/mol. The number of aliphatic carboxylic acids is 1. The molecule has 7 heteroatoms. The van der Waals surface area contributed by atoms with Gasteiger partial charge in [0.2, 0.25) is 5.91 Å². The van der Waals surface area contributed by atoms with Crippen LogP contribution in [-0.2, 0) is 14.3 Å². The van der Waals surface area contributed by atoms with Gasteiger partial charge in [0.15, 0.2) is 0 Å². The monoisotopic (exact) mass is 464 g/mol. The first-order valence-corrected chi connectivity index (χ1v) is 12.0. The summed E-state index contributed by atoms with van der Waals surface area (Å²) in [5.74, 6) is -1.45. The lowest BCUT2D eigenvalue weighted by Crippen LogP contribution is -2.53.